The van der Waals surface area contributed by atoms with Crippen molar-refractivity contribution in [3.05, 3.63) is 95.8 Å². The number of nitrogens with one attached hydrogen (secondary N) is 2. The monoisotopic (exact) mass is 387 g/mol. The van der Waals surface area contributed by atoms with E-state index >= 15 is 0 Å². The second-order valence-electron chi connectivity index (χ2n) is 6.38. The van der Waals surface area contributed by atoms with Gasteiger partial charge >= 0.3 is 6.03 Å². The van der Waals surface area contributed by atoms with Crippen LogP contribution in [-0.2, 0) is 6.54 Å². The molecule has 138 valence electrons. The number of rotatable bonds is 4. The molecule has 2 N–H and O–H groups in total. The van der Waals surface area contributed by atoms with Crippen molar-refractivity contribution >= 4 is 34.1 Å². The molecule has 1 heterocycles. The van der Waals surface area contributed by atoms with E-state index in [0.29, 0.717) is 17.3 Å². The summed E-state index contributed by atoms with van der Waals surface area (Å²) in [7, 11) is 0. The Bertz CT molecular complexity index is 1130. The lowest BCUT2D eigenvalue weighted by atomic mass is 9.96. The lowest BCUT2D eigenvalue weighted by Gasteiger charge is -2.13. The van der Waals surface area contributed by atoms with Gasteiger partial charge in [-0.05, 0) is 46.3 Å². The first-order chi connectivity index (χ1) is 13.7. The number of pyridine rings is 1. The number of hydrogen-bond acceptors (Lipinski definition) is 2. The molecular weight excluding hydrogens is 370 g/mol. The molecule has 5 heteroatoms. The summed E-state index contributed by atoms with van der Waals surface area (Å²) in [5, 5.41) is 8.39. The summed E-state index contributed by atoms with van der Waals surface area (Å²) < 4.78 is 0. The number of nitrogens with zero attached hydrogens (tertiary/aromatic N) is 1. The largest absolute Gasteiger partial charge is 0.334 e. The van der Waals surface area contributed by atoms with Crippen LogP contribution in [0, 0.1) is 0 Å². The summed E-state index contributed by atoms with van der Waals surface area (Å²) in [5.74, 6) is 0. The molecule has 0 spiro atoms. The van der Waals surface area contributed by atoms with E-state index in [9.17, 15) is 4.79 Å². The molecule has 28 heavy (non-hydrogen) atoms. The van der Waals surface area contributed by atoms with E-state index in [1.165, 1.54) is 0 Å². The number of aromatic nitrogens is 1. The molecule has 0 aliphatic rings. The van der Waals surface area contributed by atoms with Gasteiger partial charge in [-0.3, -0.25) is 4.98 Å². The van der Waals surface area contributed by atoms with Gasteiger partial charge in [-0.1, -0.05) is 60.1 Å². The number of carbonyl (C=O) groups is 1. The quantitative estimate of drug-likeness (QED) is 0.459. The molecule has 2 amide bonds. The smallest absolute Gasteiger partial charge is 0.319 e. The van der Waals surface area contributed by atoms with E-state index in [1.807, 2.05) is 36.5 Å². The van der Waals surface area contributed by atoms with Crippen LogP contribution in [0.1, 0.15) is 5.56 Å². The second-order valence-corrected chi connectivity index (χ2v) is 6.81. The molecule has 0 aliphatic heterocycles. The average molecular weight is 388 g/mol. The van der Waals surface area contributed by atoms with Gasteiger partial charge in [0.1, 0.15) is 0 Å². The minimum Gasteiger partial charge on any atom is -0.334 e. The Kier molecular flexibility index (Phi) is 5.22. The van der Waals surface area contributed by atoms with Gasteiger partial charge in [-0.25, -0.2) is 4.79 Å². The zero-order chi connectivity index (χ0) is 19.3. The highest BCUT2D eigenvalue weighted by molar-refractivity contribution is 6.30. The van der Waals surface area contributed by atoms with Gasteiger partial charge in [0, 0.05) is 35.0 Å². The Morgan fingerprint density at radius 2 is 1.79 bits per heavy atom. The van der Waals surface area contributed by atoms with Crippen molar-refractivity contribution in [3.63, 3.8) is 0 Å². The zero-order valence-corrected chi connectivity index (χ0v) is 15.8. The number of hydrogen-bond donors (Lipinski definition) is 2. The van der Waals surface area contributed by atoms with Crippen molar-refractivity contribution in [1.29, 1.82) is 0 Å². The first-order valence-corrected chi connectivity index (χ1v) is 9.30. The maximum atomic E-state index is 12.2. The normalized spacial score (nSPS) is 10.6. The molecule has 0 atom stereocenters. The summed E-state index contributed by atoms with van der Waals surface area (Å²) in [6.07, 6.45) is 3.63. The lowest BCUT2D eigenvalue weighted by Crippen LogP contribution is -2.28. The SMILES string of the molecule is O=C(NCc1ccc(-c2ccccc2)c2ccncc12)Nc1cccc(Cl)c1. The molecule has 0 aliphatic carbocycles. The van der Waals surface area contributed by atoms with E-state index in [4.69, 9.17) is 11.6 Å². The lowest BCUT2D eigenvalue weighted by molar-refractivity contribution is 0.252. The Labute approximate surface area is 168 Å². The second kappa shape index (κ2) is 8.11. The van der Waals surface area contributed by atoms with E-state index in [0.717, 1.165) is 27.5 Å². The molecule has 0 fully saturated rings. The number of anilines is 1. The van der Waals surface area contributed by atoms with Crippen molar-refractivity contribution in [2.75, 3.05) is 5.32 Å². The highest BCUT2D eigenvalue weighted by atomic mass is 35.5. The fraction of sp³-hybridized carbons (Fsp3) is 0.0435. The summed E-state index contributed by atoms with van der Waals surface area (Å²) in [5.41, 5.74) is 3.95. The predicted octanol–water partition coefficient (Wildman–Crippen LogP) is 5.88. The molecule has 0 unspecified atom stereocenters. The van der Waals surface area contributed by atoms with Crippen molar-refractivity contribution in [2.24, 2.45) is 0 Å². The van der Waals surface area contributed by atoms with Gasteiger partial charge in [0.05, 0.1) is 0 Å². The minimum absolute atomic E-state index is 0.286. The maximum Gasteiger partial charge on any atom is 0.319 e. The third-order valence-corrected chi connectivity index (χ3v) is 4.75. The Balaban J connectivity index is 1.56. The summed E-state index contributed by atoms with van der Waals surface area (Å²) in [6.45, 7) is 0.393. The highest BCUT2D eigenvalue weighted by Crippen LogP contribution is 2.30. The van der Waals surface area contributed by atoms with E-state index < -0.39 is 0 Å². The van der Waals surface area contributed by atoms with Crippen LogP contribution >= 0.6 is 11.6 Å². The number of fused-ring (bicyclic) bond motifs is 1. The number of amides is 2. The third kappa shape index (κ3) is 3.97. The number of carbonyl (C=O) groups excluding carboxylic acids is 1. The predicted molar refractivity (Wildman–Crippen MR) is 114 cm³/mol. The first kappa shape index (κ1) is 18.0. The Hall–Kier alpha value is -3.37. The standard InChI is InChI=1S/C23H18ClN3O/c24-18-7-4-8-19(13-18)27-23(28)26-14-17-9-10-20(16-5-2-1-3-6-16)21-11-12-25-15-22(17)21/h1-13,15H,14H2,(H2,26,27,28). The number of halogens is 1. The highest BCUT2D eigenvalue weighted by Gasteiger charge is 2.09. The van der Waals surface area contributed by atoms with Crippen LogP contribution in [0.25, 0.3) is 21.9 Å². The molecule has 4 aromatic rings. The summed E-state index contributed by atoms with van der Waals surface area (Å²) in [4.78, 5) is 16.5. The number of urea groups is 1. The van der Waals surface area contributed by atoms with E-state index in [1.54, 1.807) is 30.5 Å². The van der Waals surface area contributed by atoms with Crippen LogP contribution in [-0.4, -0.2) is 11.0 Å². The molecule has 4 rings (SSSR count). The molecular formula is C23H18ClN3O. The number of benzene rings is 3. The molecule has 0 saturated heterocycles. The summed E-state index contributed by atoms with van der Waals surface area (Å²) >= 11 is 5.95. The Morgan fingerprint density at radius 1 is 0.929 bits per heavy atom. The topological polar surface area (TPSA) is 54.0 Å². The fourth-order valence-corrected chi connectivity index (χ4v) is 3.38. The molecule has 3 aromatic carbocycles. The maximum absolute atomic E-state index is 12.2. The van der Waals surface area contributed by atoms with Crippen molar-refractivity contribution in [3.8, 4) is 11.1 Å². The van der Waals surface area contributed by atoms with Crippen LogP contribution in [0.5, 0.6) is 0 Å². The molecule has 0 saturated carbocycles. The van der Waals surface area contributed by atoms with Gasteiger partial charge in [-0.15, -0.1) is 0 Å². The summed E-state index contributed by atoms with van der Waals surface area (Å²) in [6, 6.07) is 23.1. The third-order valence-electron chi connectivity index (χ3n) is 4.52. The van der Waals surface area contributed by atoms with Gasteiger partial charge < -0.3 is 10.6 Å². The van der Waals surface area contributed by atoms with Crippen LogP contribution < -0.4 is 10.6 Å². The van der Waals surface area contributed by atoms with Gasteiger partial charge in [0.2, 0.25) is 0 Å². The van der Waals surface area contributed by atoms with Gasteiger partial charge in [0.15, 0.2) is 0 Å². The Morgan fingerprint density at radius 3 is 2.61 bits per heavy atom. The molecule has 1 aromatic heterocycles. The van der Waals surface area contributed by atoms with Crippen LogP contribution in [0.15, 0.2) is 85.2 Å². The molecule has 0 bridgehead atoms. The molecule has 0 radical (unpaired) electrons. The van der Waals surface area contributed by atoms with Crippen LogP contribution in [0.4, 0.5) is 10.5 Å². The van der Waals surface area contributed by atoms with E-state index in [2.05, 4.69) is 33.8 Å². The van der Waals surface area contributed by atoms with Crippen molar-refractivity contribution < 1.29 is 4.79 Å². The zero-order valence-electron chi connectivity index (χ0n) is 15.0. The van der Waals surface area contributed by atoms with Crippen LogP contribution in [0.2, 0.25) is 5.02 Å². The molecule has 4 nitrogen and oxygen atoms in total. The first-order valence-electron chi connectivity index (χ1n) is 8.92. The van der Waals surface area contributed by atoms with Crippen molar-refractivity contribution in [1.82, 2.24) is 10.3 Å². The van der Waals surface area contributed by atoms with Gasteiger partial charge in [0.25, 0.3) is 0 Å². The van der Waals surface area contributed by atoms with Crippen molar-refractivity contribution in [2.45, 2.75) is 6.54 Å². The van der Waals surface area contributed by atoms with E-state index in [-0.39, 0.29) is 6.03 Å². The van der Waals surface area contributed by atoms with Crippen LogP contribution in [0.3, 0.4) is 0 Å². The fourth-order valence-electron chi connectivity index (χ4n) is 3.19. The van der Waals surface area contributed by atoms with Gasteiger partial charge in [-0.2, -0.15) is 0 Å². The average Bonchev–Trinajstić information content (AvgIpc) is 2.72. The minimum atomic E-state index is -0.286.